The van der Waals surface area contributed by atoms with E-state index in [1.165, 1.54) is 0 Å². The van der Waals surface area contributed by atoms with Gasteiger partial charge in [0.15, 0.2) is 0 Å². The van der Waals surface area contributed by atoms with Gasteiger partial charge in [0.2, 0.25) is 0 Å². The summed E-state index contributed by atoms with van der Waals surface area (Å²) in [6.07, 6.45) is 3.52. The standard InChI is InChI=1S/C16H25NOS/c1-6-13-16(7-2,14-11-9-8-10-12-14)17-19(18)15(3,4)5/h6,8-12,17H,1,7,13H2,2-5H3. The largest absolute Gasteiger partial charge is 0.242 e. The Morgan fingerprint density at radius 1 is 1.26 bits per heavy atom. The van der Waals surface area contributed by atoms with Gasteiger partial charge in [-0.2, -0.15) is 0 Å². The molecule has 1 rings (SSSR count). The molecule has 0 aromatic heterocycles. The fraction of sp³-hybridized carbons (Fsp3) is 0.500. The lowest BCUT2D eigenvalue weighted by Crippen LogP contribution is -2.47. The number of rotatable bonds is 6. The summed E-state index contributed by atoms with van der Waals surface area (Å²) in [5.41, 5.74) is 0.858. The maximum Gasteiger partial charge on any atom is 0.0978 e. The van der Waals surface area contributed by atoms with Crippen molar-refractivity contribution >= 4 is 11.0 Å². The van der Waals surface area contributed by atoms with E-state index in [-0.39, 0.29) is 10.3 Å². The third kappa shape index (κ3) is 4.02. The van der Waals surface area contributed by atoms with Crippen molar-refractivity contribution in [1.29, 1.82) is 0 Å². The molecule has 0 amide bonds. The van der Waals surface area contributed by atoms with E-state index in [2.05, 4.69) is 30.4 Å². The van der Waals surface area contributed by atoms with Crippen LogP contribution in [0.5, 0.6) is 0 Å². The molecule has 1 aromatic rings. The van der Waals surface area contributed by atoms with E-state index in [0.29, 0.717) is 0 Å². The van der Waals surface area contributed by atoms with Crippen molar-refractivity contribution < 1.29 is 4.21 Å². The summed E-state index contributed by atoms with van der Waals surface area (Å²) in [4.78, 5) is 0. The monoisotopic (exact) mass is 279 g/mol. The Labute approximate surface area is 119 Å². The highest BCUT2D eigenvalue weighted by Crippen LogP contribution is 2.31. The van der Waals surface area contributed by atoms with Gasteiger partial charge in [-0.15, -0.1) is 6.58 Å². The fourth-order valence-electron chi connectivity index (χ4n) is 1.97. The Hall–Kier alpha value is -0.930. The minimum Gasteiger partial charge on any atom is -0.242 e. The predicted octanol–water partition coefficient (Wildman–Crippen LogP) is 3.92. The third-order valence-corrected chi connectivity index (χ3v) is 4.96. The molecular weight excluding hydrogens is 254 g/mol. The van der Waals surface area contributed by atoms with Crippen LogP contribution in [0.2, 0.25) is 0 Å². The lowest BCUT2D eigenvalue weighted by atomic mass is 9.85. The van der Waals surface area contributed by atoms with Crippen molar-refractivity contribution in [3.05, 3.63) is 48.6 Å². The van der Waals surface area contributed by atoms with Gasteiger partial charge in [-0.25, -0.2) is 8.93 Å². The first-order chi connectivity index (χ1) is 8.85. The Balaban J connectivity index is 3.13. The van der Waals surface area contributed by atoms with Gasteiger partial charge < -0.3 is 0 Å². The molecule has 0 saturated heterocycles. The van der Waals surface area contributed by atoms with Gasteiger partial charge in [-0.1, -0.05) is 43.3 Å². The van der Waals surface area contributed by atoms with E-state index in [0.717, 1.165) is 18.4 Å². The van der Waals surface area contributed by atoms with Crippen molar-refractivity contribution in [2.24, 2.45) is 0 Å². The summed E-state index contributed by atoms with van der Waals surface area (Å²) < 4.78 is 15.5. The molecule has 0 bridgehead atoms. The molecule has 19 heavy (non-hydrogen) atoms. The van der Waals surface area contributed by atoms with Gasteiger partial charge in [0.25, 0.3) is 0 Å². The second-order valence-electron chi connectivity index (χ2n) is 5.78. The first-order valence-electron chi connectivity index (χ1n) is 6.72. The number of hydrogen-bond donors (Lipinski definition) is 1. The molecule has 0 heterocycles. The highest BCUT2D eigenvalue weighted by Gasteiger charge is 2.33. The van der Waals surface area contributed by atoms with Gasteiger partial charge in [0, 0.05) is 0 Å². The van der Waals surface area contributed by atoms with Crippen molar-refractivity contribution in [3.8, 4) is 0 Å². The minimum absolute atomic E-state index is 0.281. The molecule has 1 N–H and O–H groups in total. The number of nitrogens with one attached hydrogen (secondary N) is 1. The third-order valence-electron chi connectivity index (χ3n) is 3.27. The average Bonchev–Trinajstić information content (AvgIpc) is 2.38. The molecule has 0 spiro atoms. The summed E-state index contributed by atoms with van der Waals surface area (Å²) >= 11 is 0. The summed E-state index contributed by atoms with van der Waals surface area (Å²) in [5, 5.41) is 0. The van der Waals surface area contributed by atoms with Gasteiger partial charge in [-0.3, -0.25) is 0 Å². The Kier molecular flexibility index (Phi) is 5.50. The first kappa shape index (κ1) is 16.1. The molecule has 0 saturated carbocycles. The molecule has 2 unspecified atom stereocenters. The molecule has 0 fully saturated rings. The summed E-state index contributed by atoms with van der Waals surface area (Å²) in [6.45, 7) is 11.9. The SMILES string of the molecule is C=CCC(CC)(NS(=O)C(C)(C)C)c1ccccc1. The zero-order valence-electron chi connectivity index (χ0n) is 12.4. The van der Waals surface area contributed by atoms with Crippen LogP contribution < -0.4 is 4.72 Å². The van der Waals surface area contributed by atoms with Crippen LogP contribution in [0.25, 0.3) is 0 Å². The second-order valence-corrected chi connectivity index (χ2v) is 7.74. The van der Waals surface area contributed by atoms with Crippen LogP contribution >= 0.6 is 0 Å². The van der Waals surface area contributed by atoms with Gasteiger partial charge >= 0.3 is 0 Å². The normalized spacial score (nSPS) is 16.6. The molecule has 0 aliphatic carbocycles. The van der Waals surface area contributed by atoms with Crippen LogP contribution in [-0.2, 0) is 16.5 Å². The fourth-order valence-corrected chi connectivity index (χ4v) is 2.98. The molecule has 0 aliphatic rings. The molecule has 1 aromatic carbocycles. The molecule has 0 aliphatic heterocycles. The predicted molar refractivity (Wildman–Crippen MR) is 84.3 cm³/mol. The smallest absolute Gasteiger partial charge is 0.0978 e. The van der Waals surface area contributed by atoms with E-state index < -0.39 is 11.0 Å². The van der Waals surface area contributed by atoms with Crippen LogP contribution in [0.3, 0.4) is 0 Å². The van der Waals surface area contributed by atoms with Gasteiger partial charge in [-0.05, 0) is 39.2 Å². The van der Waals surface area contributed by atoms with E-state index in [1.807, 2.05) is 45.0 Å². The quantitative estimate of drug-likeness (QED) is 0.786. The van der Waals surface area contributed by atoms with E-state index in [4.69, 9.17) is 0 Å². The molecule has 2 nitrogen and oxygen atoms in total. The maximum atomic E-state index is 12.5. The van der Waals surface area contributed by atoms with Crippen LogP contribution in [0, 0.1) is 0 Å². The van der Waals surface area contributed by atoms with Crippen LogP contribution in [0.4, 0.5) is 0 Å². The lowest BCUT2D eigenvalue weighted by molar-refractivity contribution is 0.389. The summed E-state index contributed by atoms with van der Waals surface area (Å²) in [5.74, 6) is 0. The second kappa shape index (κ2) is 6.49. The zero-order valence-corrected chi connectivity index (χ0v) is 13.2. The molecular formula is C16H25NOS. The van der Waals surface area contributed by atoms with Crippen molar-refractivity contribution in [1.82, 2.24) is 4.72 Å². The summed E-state index contributed by atoms with van der Waals surface area (Å²) in [6, 6.07) is 10.2. The van der Waals surface area contributed by atoms with Gasteiger partial charge in [0.05, 0.1) is 21.3 Å². The lowest BCUT2D eigenvalue weighted by Gasteiger charge is -2.35. The molecule has 106 valence electrons. The Morgan fingerprint density at radius 2 is 1.84 bits per heavy atom. The van der Waals surface area contributed by atoms with E-state index in [9.17, 15) is 4.21 Å². The van der Waals surface area contributed by atoms with Crippen LogP contribution in [-0.4, -0.2) is 8.96 Å². The highest BCUT2D eigenvalue weighted by atomic mass is 32.2. The Bertz CT molecular complexity index is 436. The zero-order chi connectivity index (χ0) is 14.5. The van der Waals surface area contributed by atoms with Crippen LogP contribution in [0.1, 0.15) is 46.1 Å². The molecule has 0 radical (unpaired) electrons. The van der Waals surface area contributed by atoms with Crippen molar-refractivity contribution in [3.63, 3.8) is 0 Å². The topological polar surface area (TPSA) is 29.1 Å². The molecule has 2 atom stereocenters. The maximum absolute atomic E-state index is 12.5. The van der Waals surface area contributed by atoms with Crippen molar-refractivity contribution in [2.75, 3.05) is 0 Å². The average molecular weight is 279 g/mol. The summed E-state index contributed by atoms with van der Waals surface area (Å²) in [7, 11) is -1.11. The van der Waals surface area contributed by atoms with E-state index in [1.54, 1.807) is 0 Å². The molecule has 3 heteroatoms. The van der Waals surface area contributed by atoms with Crippen molar-refractivity contribution in [2.45, 2.75) is 50.8 Å². The minimum atomic E-state index is -1.11. The Morgan fingerprint density at radius 3 is 2.26 bits per heavy atom. The number of benzene rings is 1. The first-order valence-corrected chi connectivity index (χ1v) is 7.87. The number of hydrogen-bond acceptors (Lipinski definition) is 1. The van der Waals surface area contributed by atoms with Crippen LogP contribution in [0.15, 0.2) is 43.0 Å². The van der Waals surface area contributed by atoms with Gasteiger partial charge in [0.1, 0.15) is 0 Å². The highest BCUT2D eigenvalue weighted by molar-refractivity contribution is 7.84. The van der Waals surface area contributed by atoms with E-state index >= 15 is 0 Å².